The fourth-order valence-corrected chi connectivity index (χ4v) is 1.99. The molecule has 0 aliphatic carbocycles. The molecule has 0 aliphatic rings. The van der Waals surface area contributed by atoms with Gasteiger partial charge in [-0.15, -0.1) is 0 Å². The Morgan fingerprint density at radius 1 is 1.37 bits per heavy atom. The number of amides is 2. The van der Waals surface area contributed by atoms with Gasteiger partial charge >= 0.3 is 6.03 Å². The lowest BCUT2D eigenvalue weighted by atomic mass is 9.98. The second kappa shape index (κ2) is 6.91. The third-order valence-corrected chi connectivity index (χ3v) is 3.96. The molecule has 1 rings (SSSR count). The van der Waals surface area contributed by atoms with Gasteiger partial charge in [0.2, 0.25) is 0 Å². The molecule has 5 heteroatoms. The van der Waals surface area contributed by atoms with Gasteiger partial charge in [-0.3, -0.25) is 0 Å². The number of aryl methyl sites for hydroxylation is 1. The SMILES string of the molecule is CCC(O)(CC)CNC(=O)Nc1cc(C)ccc1Br. The molecule has 4 nitrogen and oxygen atoms in total. The van der Waals surface area contributed by atoms with Gasteiger partial charge in [0.1, 0.15) is 0 Å². The Kier molecular flexibility index (Phi) is 5.82. The molecular formula is C14H21BrN2O2. The lowest BCUT2D eigenvalue weighted by Crippen LogP contribution is -2.43. The minimum Gasteiger partial charge on any atom is -0.388 e. The predicted octanol–water partition coefficient (Wildman–Crippen LogP) is 3.43. The summed E-state index contributed by atoms with van der Waals surface area (Å²) in [6, 6.07) is 5.42. The molecule has 0 spiro atoms. The summed E-state index contributed by atoms with van der Waals surface area (Å²) in [5.74, 6) is 0. The molecule has 1 aromatic rings. The van der Waals surface area contributed by atoms with Crippen LogP contribution in [0.15, 0.2) is 22.7 Å². The van der Waals surface area contributed by atoms with Gasteiger partial charge in [-0.1, -0.05) is 19.9 Å². The Labute approximate surface area is 122 Å². The number of carbonyl (C=O) groups excluding carboxylic acids is 1. The van der Waals surface area contributed by atoms with E-state index in [0.717, 1.165) is 10.0 Å². The van der Waals surface area contributed by atoms with E-state index in [1.54, 1.807) is 0 Å². The Balaban J connectivity index is 2.58. The molecule has 0 atom stereocenters. The number of benzene rings is 1. The van der Waals surface area contributed by atoms with Gasteiger partial charge < -0.3 is 15.7 Å². The maximum absolute atomic E-state index is 11.8. The molecule has 0 saturated heterocycles. The van der Waals surface area contributed by atoms with E-state index in [2.05, 4.69) is 26.6 Å². The van der Waals surface area contributed by atoms with Crippen molar-refractivity contribution in [3.05, 3.63) is 28.2 Å². The number of carbonyl (C=O) groups is 1. The Hall–Kier alpha value is -1.07. The molecule has 0 aromatic heterocycles. The van der Waals surface area contributed by atoms with Gasteiger partial charge in [-0.25, -0.2) is 4.79 Å². The number of hydrogen-bond acceptors (Lipinski definition) is 2. The number of halogens is 1. The molecule has 0 bridgehead atoms. The average molecular weight is 329 g/mol. The fourth-order valence-electron chi connectivity index (χ4n) is 1.65. The minimum atomic E-state index is -0.832. The zero-order chi connectivity index (χ0) is 14.5. The standard InChI is InChI=1S/C14H21BrN2O2/c1-4-14(19,5-2)9-16-13(18)17-12-8-10(3)6-7-11(12)15/h6-8,19H,4-5,9H2,1-3H3,(H2,16,17,18). The third kappa shape index (κ3) is 4.84. The molecule has 0 unspecified atom stereocenters. The minimum absolute atomic E-state index is 0.245. The number of anilines is 1. The van der Waals surface area contributed by atoms with Gasteiger partial charge in [0.15, 0.2) is 0 Å². The second-order valence-corrected chi connectivity index (χ2v) is 5.58. The van der Waals surface area contributed by atoms with Gasteiger partial charge in [0, 0.05) is 11.0 Å². The average Bonchev–Trinajstić information content (AvgIpc) is 2.40. The first-order chi connectivity index (χ1) is 8.90. The van der Waals surface area contributed by atoms with Gasteiger partial charge in [0.25, 0.3) is 0 Å². The number of urea groups is 1. The maximum atomic E-state index is 11.8. The van der Waals surface area contributed by atoms with E-state index in [0.29, 0.717) is 18.5 Å². The summed E-state index contributed by atoms with van der Waals surface area (Å²) < 4.78 is 0.828. The topological polar surface area (TPSA) is 61.4 Å². The number of nitrogens with one attached hydrogen (secondary N) is 2. The quantitative estimate of drug-likeness (QED) is 0.775. The van der Waals surface area contributed by atoms with Crippen LogP contribution in [-0.4, -0.2) is 23.3 Å². The van der Waals surface area contributed by atoms with Crippen LogP contribution in [0.5, 0.6) is 0 Å². The summed E-state index contributed by atoms with van der Waals surface area (Å²) in [4.78, 5) is 11.8. The third-order valence-electron chi connectivity index (χ3n) is 3.26. The highest BCUT2D eigenvalue weighted by Crippen LogP contribution is 2.23. The van der Waals surface area contributed by atoms with Crippen LogP contribution < -0.4 is 10.6 Å². The molecule has 2 amide bonds. The summed E-state index contributed by atoms with van der Waals surface area (Å²) >= 11 is 3.38. The van der Waals surface area contributed by atoms with Crippen LogP contribution in [0.25, 0.3) is 0 Å². The van der Waals surface area contributed by atoms with Gasteiger partial charge in [-0.05, 0) is 53.4 Å². The monoisotopic (exact) mass is 328 g/mol. The van der Waals surface area contributed by atoms with Gasteiger partial charge in [0.05, 0.1) is 11.3 Å². The summed E-state index contributed by atoms with van der Waals surface area (Å²) in [5, 5.41) is 15.6. The van der Waals surface area contributed by atoms with Crippen molar-refractivity contribution in [2.75, 3.05) is 11.9 Å². The van der Waals surface area contributed by atoms with Crippen molar-refractivity contribution in [2.45, 2.75) is 39.2 Å². The molecule has 0 aliphatic heterocycles. The zero-order valence-corrected chi connectivity index (χ0v) is 13.2. The largest absolute Gasteiger partial charge is 0.388 e. The van der Waals surface area contributed by atoms with Crippen molar-refractivity contribution in [3.63, 3.8) is 0 Å². The van der Waals surface area contributed by atoms with Crippen molar-refractivity contribution in [2.24, 2.45) is 0 Å². The molecule has 1 aromatic carbocycles. The lowest BCUT2D eigenvalue weighted by molar-refractivity contribution is 0.0354. The Bertz CT molecular complexity index is 445. The molecule has 3 N–H and O–H groups in total. The van der Waals surface area contributed by atoms with Crippen LogP contribution in [0.4, 0.5) is 10.5 Å². The molecule has 0 heterocycles. The summed E-state index contributed by atoms with van der Waals surface area (Å²) in [7, 11) is 0. The molecular weight excluding hydrogens is 308 g/mol. The van der Waals surface area contributed by atoms with E-state index in [-0.39, 0.29) is 12.6 Å². The summed E-state index contributed by atoms with van der Waals surface area (Å²) in [6.07, 6.45) is 1.22. The van der Waals surface area contributed by atoms with E-state index in [1.807, 2.05) is 39.0 Å². The Morgan fingerprint density at radius 3 is 2.58 bits per heavy atom. The number of aliphatic hydroxyl groups is 1. The highest BCUT2D eigenvalue weighted by molar-refractivity contribution is 9.10. The van der Waals surface area contributed by atoms with E-state index >= 15 is 0 Å². The van der Waals surface area contributed by atoms with Crippen molar-refractivity contribution in [1.82, 2.24) is 5.32 Å². The first-order valence-electron chi connectivity index (χ1n) is 6.43. The second-order valence-electron chi connectivity index (χ2n) is 4.72. The first kappa shape index (κ1) is 16.0. The van der Waals surface area contributed by atoms with Crippen molar-refractivity contribution < 1.29 is 9.90 Å². The molecule has 106 valence electrons. The summed E-state index contributed by atoms with van der Waals surface area (Å²) in [5.41, 5.74) is 0.951. The van der Waals surface area contributed by atoms with E-state index in [4.69, 9.17) is 0 Å². The summed E-state index contributed by atoms with van der Waals surface area (Å²) in [6.45, 7) is 6.01. The molecule has 0 radical (unpaired) electrons. The smallest absolute Gasteiger partial charge is 0.319 e. The fraction of sp³-hybridized carbons (Fsp3) is 0.500. The lowest BCUT2D eigenvalue weighted by Gasteiger charge is -2.25. The number of rotatable bonds is 5. The Morgan fingerprint density at radius 2 is 2.00 bits per heavy atom. The van der Waals surface area contributed by atoms with E-state index in [1.165, 1.54) is 0 Å². The molecule has 0 fully saturated rings. The van der Waals surface area contributed by atoms with Crippen LogP contribution in [0.1, 0.15) is 32.3 Å². The highest BCUT2D eigenvalue weighted by atomic mass is 79.9. The van der Waals surface area contributed by atoms with Gasteiger partial charge in [-0.2, -0.15) is 0 Å². The van der Waals surface area contributed by atoms with Crippen molar-refractivity contribution in [1.29, 1.82) is 0 Å². The molecule has 0 saturated carbocycles. The first-order valence-corrected chi connectivity index (χ1v) is 7.23. The predicted molar refractivity (Wildman–Crippen MR) is 81.4 cm³/mol. The van der Waals surface area contributed by atoms with Crippen LogP contribution >= 0.6 is 15.9 Å². The van der Waals surface area contributed by atoms with Crippen molar-refractivity contribution in [3.8, 4) is 0 Å². The van der Waals surface area contributed by atoms with Crippen molar-refractivity contribution >= 4 is 27.6 Å². The highest BCUT2D eigenvalue weighted by Gasteiger charge is 2.22. The zero-order valence-electron chi connectivity index (χ0n) is 11.6. The maximum Gasteiger partial charge on any atom is 0.319 e. The van der Waals surface area contributed by atoms with E-state index in [9.17, 15) is 9.90 Å². The number of hydrogen-bond donors (Lipinski definition) is 3. The van der Waals surface area contributed by atoms with Crippen LogP contribution in [0.3, 0.4) is 0 Å². The molecule has 19 heavy (non-hydrogen) atoms. The normalized spacial score (nSPS) is 11.2. The van der Waals surface area contributed by atoms with Crippen LogP contribution in [-0.2, 0) is 0 Å². The van der Waals surface area contributed by atoms with E-state index < -0.39 is 5.60 Å². The van der Waals surface area contributed by atoms with Crippen LogP contribution in [0, 0.1) is 6.92 Å². The van der Waals surface area contributed by atoms with Crippen LogP contribution in [0.2, 0.25) is 0 Å².